The summed E-state index contributed by atoms with van der Waals surface area (Å²) in [6.07, 6.45) is 3.13. The normalized spacial score (nSPS) is 10.9. The first-order chi connectivity index (χ1) is 21.3. The third-order valence-corrected chi connectivity index (χ3v) is 7.38. The Labute approximate surface area is 275 Å². The van der Waals surface area contributed by atoms with Gasteiger partial charge in [0.15, 0.2) is 0 Å². The topological polar surface area (TPSA) is 62.7 Å². The molecule has 223 valence electrons. The van der Waals surface area contributed by atoms with E-state index in [0.29, 0.717) is 28.0 Å². The molecule has 0 aliphatic carbocycles. The van der Waals surface area contributed by atoms with Gasteiger partial charge < -0.3 is 14.4 Å². The van der Waals surface area contributed by atoms with Crippen molar-refractivity contribution in [3.63, 3.8) is 0 Å². The number of benzene rings is 4. The van der Waals surface area contributed by atoms with Gasteiger partial charge in [-0.05, 0) is 40.1 Å². The number of fused-ring (bicyclic) bond motifs is 3. The Kier molecular flexibility index (Phi) is 9.34. The third-order valence-electron chi connectivity index (χ3n) is 7.38. The van der Waals surface area contributed by atoms with Crippen molar-refractivity contribution >= 4 is 21.9 Å². The SMILES string of the molecule is CC(C)(C)c1ccc(-c2[c-]cccc2)nc1.N#Cc1ccc2c(oc3c(-c4ccc(F)cn4)[c-]ccc32)c1-c1ccccc1.[Ir]. The van der Waals surface area contributed by atoms with Gasteiger partial charge in [-0.1, -0.05) is 86.3 Å². The largest absolute Gasteiger partial charge is 0.500 e. The van der Waals surface area contributed by atoms with Crippen LogP contribution in [0, 0.1) is 29.3 Å². The molecule has 6 heteroatoms. The average molecular weight is 766 g/mol. The summed E-state index contributed by atoms with van der Waals surface area (Å²) in [7, 11) is 0. The summed E-state index contributed by atoms with van der Waals surface area (Å²) in [5.74, 6) is -0.398. The molecule has 0 bridgehead atoms. The fourth-order valence-electron chi connectivity index (χ4n) is 5.05. The second-order valence-electron chi connectivity index (χ2n) is 11.4. The van der Waals surface area contributed by atoms with Crippen molar-refractivity contribution in [2.45, 2.75) is 26.2 Å². The van der Waals surface area contributed by atoms with E-state index >= 15 is 0 Å². The summed E-state index contributed by atoms with van der Waals surface area (Å²) in [6, 6.07) is 40.8. The molecular weight excluding hydrogens is 738 g/mol. The van der Waals surface area contributed by atoms with Crippen LogP contribution in [0.1, 0.15) is 31.9 Å². The van der Waals surface area contributed by atoms with Crippen molar-refractivity contribution in [3.05, 3.63) is 145 Å². The maximum Gasteiger partial charge on any atom is 0.139 e. The van der Waals surface area contributed by atoms with Gasteiger partial charge in [0.1, 0.15) is 11.4 Å². The molecule has 0 saturated heterocycles. The van der Waals surface area contributed by atoms with Gasteiger partial charge in [-0.2, -0.15) is 5.26 Å². The van der Waals surface area contributed by atoms with Gasteiger partial charge in [0, 0.05) is 37.3 Å². The molecule has 0 atom stereocenters. The van der Waals surface area contributed by atoms with E-state index < -0.39 is 5.82 Å². The number of pyridine rings is 2. The number of nitriles is 1. The van der Waals surface area contributed by atoms with Crippen LogP contribution in [-0.2, 0) is 25.5 Å². The molecule has 3 aromatic heterocycles. The van der Waals surface area contributed by atoms with Crippen molar-refractivity contribution in [2.75, 3.05) is 0 Å². The number of halogens is 1. The summed E-state index contributed by atoms with van der Waals surface area (Å²) in [4.78, 5) is 8.65. The first kappa shape index (κ1) is 31.5. The van der Waals surface area contributed by atoms with Crippen molar-refractivity contribution in [1.82, 2.24) is 9.97 Å². The molecule has 0 fully saturated rings. The van der Waals surface area contributed by atoms with Gasteiger partial charge in [-0.15, -0.1) is 54.1 Å². The Hall–Kier alpha value is -4.95. The molecule has 45 heavy (non-hydrogen) atoms. The first-order valence-corrected chi connectivity index (χ1v) is 14.2. The zero-order valence-corrected chi connectivity index (χ0v) is 27.3. The van der Waals surface area contributed by atoms with Crippen molar-refractivity contribution in [3.8, 4) is 39.7 Å². The van der Waals surface area contributed by atoms with Crippen molar-refractivity contribution in [1.29, 1.82) is 5.26 Å². The molecule has 3 heterocycles. The first-order valence-electron chi connectivity index (χ1n) is 14.2. The van der Waals surface area contributed by atoms with Crippen LogP contribution in [0.4, 0.5) is 4.39 Å². The van der Waals surface area contributed by atoms with Crippen LogP contribution >= 0.6 is 0 Å². The molecule has 0 saturated carbocycles. The Balaban J connectivity index is 0.000000202. The van der Waals surface area contributed by atoms with E-state index in [1.807, 2.05) is 79.0 Å². The number of furan rings is 1. The fourth-order valence-corrected chi connectivity index (χ4v) is 5.05. The monoisotopic (exact) mass is 766 g/mol. The zero-order valence-electron chi connectivity index (χ0n) is 24.9. The molecule has 0 spiro atoms. The fraction of sp³-hybridized carbons (Fsp3) is 0.103. The van der Waals surface area contributed by atoms with Crippen LogP contribution < -0.4 is 0 Å². The molecule has 0 aliphatic heterocycles. The average Bonchev–Trinajstić information content (AvgIpc) is 3.44. The number of hydrogen-bond donors (Lipinski definition) is 0. The van der Waals surface area contributed by atoms with Crippen LogP contribution in [0.25, 0.3) is 55.6 Å². The molecule has 7 rings (SSSR count). The quantitative estimate of drug-likeness (QED) is 0.168. The van der Waals surface area contributed by atoms with E-state index in [1.54, 1.807) is 12.1 Å². The van der Waals surface area contributed by atoms with E-state index in [2.05, 4.69) is 61.1 Å². The third kappa shape index (κ3) is 6.61. The van der Waals surface area contributed by atoms with E-state index in [9.17, 15) is 9.65 Å². The predicted octanol–water partition coefficient (Wildman–Crippen LogP) is 9.97. The smallest absolute Gasteiger partial charge is 0.139 e. The molecule has 0 unspecified atom stereocenters. The van der Waals surface area contributed by atoms with Gasteiger partial charge in [0.2, 0.25) is 0 Å². The summed E-state index contributed by atoms with van der Waals surface area (Å²) < 4.78 is 19.6. The minimum absolute atomic E-state index is 0. The number of aromatic nitrogens is 2. The minimum Gasteiger partial charge on any atom is -0.500 e. The number of nitrogens with zero attached hydrogens (tertiary/aromatic N) is 3. The van der Waals surface area contributed by atoms with E-state index in [1.165, 1.54) is 17.8 Å². The standard InChI is InChI=1S/C24H12FN2O.C15H16N.Ir/c25-17-10-12-21(27-14-17)20-8-4-7-18-19-11-9-16(13-26)22(24(19)28-23(18)20)15-5-2-1-3-6-15;1-15(2,3)13-9-10-14(16-11-13)12-7-5-4-6-8-12;/h1-7,9-12,14H;4-7,9-11H,1-3H3;/q2*-1;. The molecule has 0 amide bonds. The predicted molar refractivity (Wildman–Crippen MR) is 173 cm³/mol. The minimum atomic E-state index is -0.398. The Bertz CT molecular complexity index is 2090. The number of rotatable bonds is 3. The van der Waals surface area contributed by atoms with Gasteiger partial charge in [0.25, 0.3) is 0 Å². The Morgan fingerprint density at radius 2 is 1.47 bits per heavy atom. The van der Waals surface area contributed by atoms with Crippen LogP contribution in [0.3, 0.4) is 0 Å². The van der Waals surface area contributed by atoms with Crippen LogP contribution in [0.15, 0.2) is 120 Å². The molecule has 0 aliphatic rings. The van der Waals surface area contributed by atoms with Gasteiger partial charge >= 0.3 is 0 Å². The summed E-state index contributed by atoms with van der Waals surface area (Å²) in [5.41, 5.74) is 8.15. The van der Waals surface area contributed by atoms with E-state index in [4.69, 9.17) is 4.42 Å². The van der Waals surface area contributed by atoms with Crippen molar-refractivity contribution in [2.24, 2.45) is 0 Å². The second-order valence-corrected chi connectivity index (χ2v) is 11.4. The van der Waals surface area contributed by atoms with Crippen LogP contribution in [0.2, 0.25) is 0 Å². The van der Waals surface area contributed by atoms with Crippen molar-refractivity contribution < 1.29 is 28.9 Å². The maximum absolute atomic E-state index is 13.3. The maximum atomic E-state index is 13.3. The summed E-state index contributed by atoms with van der Waals surface area (Å²) in [5, 5.41) is 11.4. The molecule has 1 radical (unpaired) electrons. The molecule has 7 aromatic rings. The number of hydrogen-bond acceptors (Lipinski definition) is 4. The Morgan fingerprint density at radius 3 is 2.11 bits per heavy atom. The molecule has 0 N–H and O–H groups in total. The van der Waals surface area contributed by atoms with Crippen LogP contribution in [0.5, 0.6) is 0 Å². The van der Waals surface area contributed by atoms with Gasteiger partial charge in [-0.3, -0.25) is 0 Å². The van der Waals surface area contributed by atoms with E-state index in [-0.39, 0.29) is 25.5 Å². The van der Waals surface area contributed by atoms with E-state index in [0.717, 1.165) is 33.2 Å². The Morgan fingerprint density at radius 1 is 0.733 bits per heavy atom. The summed E-state index contributed by atoms with van der Waals surface area (Å²) >= 11 is 0. The molecule has 4 aromatic carbocycles. The summed E-state index contributed by atoms with van der Waals surface area (Å²) in [6.45, 7) is 6.58. The zero-order chi connectivity index (χ0) is 30.7. The van der Waals surface area contributed by atoms with Crippen LogP contribution in [-0.4, -0.2) is 9.97 Å². The van der Waals surface area contributed by atoms with Gasteiger partial charge in [0.05, 0.1) is 23.4 Å². The van der Waals surface area contributed by atoms with Gasteiger partial charge in [-0.25, -0.2) is 4.39 Å². The molecular formula is C39H28FIrN3O-2. The molecule has 4 nitrogen and oxygen atoms in total. The second kappa shape index (κ2) is 13.4.